The third-order valence-corrected chi connectivity index (χ3v) is 12.5. The maximum atomic E-state index is 13.9. The van der Waals surface area contributed by atoms with Gasteiger partial charge in [0.1, 0.15) is 120 Å². The van der Waals surface area contributed by atoms with Crippen molar-refractivity contribution in [2.75, 3.05) is 31.8 Å². The number of hydrogen-bond acceptors (Lipinski definition) is 22. The molecule has 8 rings (SSSR count). The maximum Gasteiger partial charge on any atom is 0.307 e. The lowest BCUT2D eigenvalue weighted by molar-refractivity contribution is -0.343. The van der Waals surface area contributed by atoms with E-state index in [0.29, 0.717) is 11.1 Å². The monoisotopic (exact) mass is 943 g/mol. The molecular weight excluding hydrogens is 894 g/mol. The molecule has 1 unspecified atom stereocenters. The number of anilines is 1. The van der Waals surface area contributed by atoms with E-state index in [9.17, 15) is 75.7 Å². The van der Waals surface area contributed by atoms with Gasteiger partial charge in [0.25, 0.3) is 0 Å². The smallest absolute Gasteiger partial charge is 0.307 e. The minimum absolute atomic E-state index is 0.0435. The number of fused-ring (bicyclic) bond motifs is 2. The van der Waals surface area contributed by atoms with Crippen molar-refractivity contribution >= 4 is 28.5 Å². The van der Waals surface area contributed by atoms with Crippen molar-refractivity contribution in [1.82, 2.24) is 0 Å². The maximum absolute atomic E-state index is 13.9. The standard InChI is InChI=1S/C44H49NO22/c1-61-23-12-24-29(21(49)11-22(63-24)16-6-8-17(48)9-7-16)34(54)30(23)40-41(37(57)32(52)25(13-46)64-40)67-44-39(59)36(56)33(53)27(66-44)15-62-28(50)10-19-18-4-2-3-5-20(18)45(42(19)60)43-38(58)35(55)31(51)26(14-47)65-43/h2-9,11-12,19,25-27,31-33,35-41,43-44,46-48,51-59H,10,13-15H2,1H3/t19?,25-,26-,27-,31-,32-,33-,35+,36+,37+,38-,39-,40+,41-,43-,44+/m1/s1. The summed E-state index contributed by atoms with van der Waals surface area (Å²) in [6.45, 7) is -2.46. The number of aliphatic hydroxyl groups excluding tert-OH is 10. The van der Waals surface area contributed by atoms with Crippen molar-refractivity contribution in [2.24, 2.45) is 0 Å². The highest BCUT2D eigenvalue weighted by Crippen LogP contribution is 2.47. The highest BCUT2D eigenvalue weighted by molar-refractivity contribution is 6.06. The summed E-state index contributed by atoms with van der Waals surface area (Å²) in [6.07, 6.45) is -27.8. The average Bonchev–Trinajstić information content (AvgIpc) is 3.59. The molecule has 4 aliphatic heterocycles. The Morgan fingerprint density at radius 1 is 0.731 bits per heavy atom. The Bertz CT molecular complexity index is 2500. The van der Waals surface area contributed by atoms with Gasteiger partial charge in [-0.2, -0.15) is 0 Å². The number of carbonyl (C=O) groups excluding carboxylic acids is 2. The van der Waals surface area contributed by atoms with Crippen LogP contribution in [0.5, 0.6) is 17.2 Å². The number of nitrogens with zero attached hydrogens (tertiary/aromatic N) is 1. The number of esters is 1. The van der Waals surface area contributed by atoms with Gasteiger partial charge in [-0.1, -0.05) is 18.2 Å². The van der Waals surface area contributed by atoms with Crippen LogP contribution in [0, 0.1) is 0 Å². The zero-order valence-corrected chi connectivity index (χ0v) is 35.2. The number of rotatable bonds is 12. The Balaban J connectivity index is 1.02. The third-order valence-electron chi connectivity index (χ3n) is 12.5. The molecule has 23 heteroatoms. The predicted octanol–water partition coefficient (Wildman–Crippen LogP) is -2.91. The number of aromatic hydroxyl groups is 2. The molecule has 3 saturated heterocycles. The number of aliphatic hydroxyl groups is 10. The van der Waals surface area contributed by atoms with Crippen LogP contribution in [0.15, 0.2) is 69.9 Å². The molecule has 12 N–H and O–H groups in total. The summed E-state index contributed by atoms with van der Waals surface area (Å²) in [6, 6.07) is 14.2. The quantitative estimate of drug-likeness (QED) is 0.0634. The van der Waals surface area contributed by atoms with Gasteiger partial charge in [-0.3, -0.25) is 19.3 Å². The molecule has 3 aromatic carbocycles. The van der Waals surface area contributed by atoms with Crippen LogP contribution in [-0.4, -0.2) is 186 Å². The van der Waals surface area contributed by atoms with Gasteiger partial charge in [0, 0.05) is 17.7 Å². The number of phenolic OH excluding ortho intramolecular Hbond substituents is 2. The zero-order valence-electron chi connectivity index (χ0n) is 35.2. The Morgan fingerprint density at radius 3 is 2.06 bits per heavy atom. The predicted molar refractivity (Wildman–Crippen MR) is 222 cm³/mol. The molecule has 362 valence electrons. The third kappa shape index (κ3) is 8.72. The molecular formula is C44H49NO22. The summed E-state index contributed by atoms with van der Waals surface area (Å²) in [5.74, 6) is -4.04. The fraction of sp³-hybridized carbons (Fsp3) is 0.477. The van der Waals surface area contributed by atoms with Gasteiger partial charge < -0.3 is 94.1 Å². The van der Waals surface area contributed by atoms with Crippen LogP contribution in [0.1, 0.15) is 29.6 Å². The number of methoxy groups -OCH3 is 1. The lowest BCUT2D eigenvalue weighted by Crippen LogP contribution is -2.64. The van der Waals surface area contributed by atoms with Gasteiger partial charge in [-0.05, 0) is 35.9 Å². The van der Waals surface area contributed by atoms with E-state index in [4.69, 9.17) is 32.8 Å². The Labute approximate surface area is 378 Å². The molecule has 23 nitrogen and oxygen atoms in total. The van der Waals surface area contributed by atoms with E-state index in [-0.39, 0.29) is 39.5 Å². The molecule has 5 heterocycles. The molecule has 16 atom stereocenters. The fourth-order valence-electron chi connectivity index (χ4n) is 8.88. The zero-order chi connectivity index (χ0) is 48.2. The van der Waals surface area contributed by atoms with Crippen molar-refractivity contribution in [2.45, 2.75) is 104 Å². The molecule has 1 aromatic heterocycles. The van der Waals surface area contributed by atoms with Crippen LogP contribution in [-0.2, 0) is 33.3 Å². The van der Waals surface area contributed by atoms with E-state index in [1.807, 2.05) is 0 Å². The first-order valence-electron chi connectivity index (χ1n) is 21.0. The molecule has 4 aromatic rings. The van der Waals surface area contributed by atoms with E-state index in [2.05, 4.69) is 0 Å². The number of para-hydroxylation sites is 1. The first kappa shape index (κ1) is 48.1. The molecule has 67 heavy (non-hydrogen) atoms. The lowest BCUT2D eigenvalue weighted by Gasteiger charge is -2.46. The average molecular weight is 944 g/mol. The first-order valence-corrected chi connectivity index (χ1v) is 21.0. The molecule has 0 spiro atoms. The highest BCUT2D eigenvalue weighted by Gasteiger charge is 2.54. The molecule has 3 fully saturated rings. The van der Waals surface area contributed by atoms with Crippen LogP contribution in [0.3, 0.4) is 0 Å². The topological polar surface area (TPSA) is 366 Å². The van der Waals surface area contributed by atoms with Gasteiger partial charge in [-0.15, -0.1) is 0 Å². The van der Waals surface area contributed by atoms with Gasteiger partial charge in [0.2, 0.25) is 5.91 Å². The molecule has 1 amide bonds. The van der Waals surface area contributed by atoms with Gasteiger partial charge in [0.05, 0.1) is 43.9 Å². The second-order valence-electron chi connectivity index (χ2n) is 16.5. The van der Waals surface area contributed by atoms with Crippen molar-refractivity contribution in [3.05, 3.63) is 82.0 Å². The largest absolute Gasteiger partial charge is 0.508 e. The summed E-state index contributed by atoms with van der Waals surface area (Å²) in [7, 11) is 1.19. The molecule has 0 radical (unpaired) electrons. The summed E-state index contributed by atoms with van der Waals surface area (Å²) in [4.78, 5) is 41.9. The molecule has 0 aliphatic carbocycles. The van der Waals surface area contributed by atoms with Gasteiger partial charge in [-0.25, -0.2) is 0 Å². The van der Waals surface area contributed by atoms with Gasteiger partial charge >= 0.3 is 5.97 Å². The van der Waals surface area contributed by atoms with Crippen LogP contribution in [0.2, 0.25) is 0 Å². The molecule has 0 bridgehead atoms. The summed E-state index contributed by atoms with van der Waals surface area (Å²) in [5.41, 5.74) is -0.392. The Hall–Kier alpha value is -5.35. The van der Waals surface area contributed by atoms with E-state index in [1.54, 1.807) is 12.1 Å². The van der Waals surface area contributed by atoms with Crippen molar-refractivity contribution in [3.8, 4) is 28.6 Å². The SMILES string of the molecule is COc1cc2oc(-c3ccc(O)cc3)cc(=O)c2c(O)c1[C@@H]1O[C@H](CO)[C@@H](O)[C@H](O)[C@H]1O[C@@H]1O[C@H](COC(=O)CC2C(=O)N([C@@H]3O[C@H](CO)[C@@H](O)[C@H](O)[C@H]3O)c3ccccc32)[C@@H](O)[C@H](O)[C@H]1O. The highest BCUT2D eigenvalue weighted by atomic mass is 16.7. The second kappa shape index (κ2) is 19.3. The van der Waals surface area contributed by atoms with Crippen LogP contribution in [0.25, 0.3) is 22.3 Å². The number of phenols is 2. The van der Waals surface area contributed by atoms with Crippen LogP contribution in [0.4, 0.5) is 5.69 Å². The minimum atomic E-state index is -2.10. The van der Waals surface area contributed by atoms with E-state index < -0.39 is 147 Å². The van der Waals surface area contributed by atoms with Crippen molar-refractivity contribution < 1.29 is 104 Å². The van der Waals surface area contributed by atoms with E-state index in [0.717, 1.165) is 11.0 Å². The van der Waals surface area contributed by atoms with Crippen LogP contribution < -0.4 is 15.1 Å². The fourth-order valence-corrected chi connectivity index (χ4v) is 8.88. The number of ether oxygens (including phenoxy) is 6. The normalized spacial score (nSPS) is 34.3. The minimum Gasteiger partial charge on any atom is -0.508 e. The number of amides is 1. The van der Waals surface area contributed by atoms with Crippen molar-refractivity contribution in [3.63, 3.8) is 0 Å². The molecule has 4 aliphatic rings. The summed E-state index contributed by atoms with van der Waals surface area (Å²) in [5, 5.41) is 128. The number of benzene rings is 3. The van der Waals surface area contributed by atoms with Crippen LogP contribution >= 0.6 is 0 Å². The van der Waals surface area contributed by atoms with E-state index in [1.165, 1.54) is 49.6 Å². The number of carbonyl (C=O) groups is 2. The number of hydrogen-bond donors (Lipinski definition) is 12. The Kier molecular flexibility index (Phi) is 13.9. The summed E-state index contributed by atoms with van der Waals surface area (Å²) < 4.78 is 40.2. The Morgan fingerprint density at radius 2 is 1.37 bits per heavy atom. The first-order chi connectivity index (χ1) is 32.0. The van der Waals surface area contributed by atoms with E-state index >= 15 is 0 Å². The summed E-state index contributed by atoms with van der Waals surface area (Å²) >= 11 is 0. The molecule has 0 saturated carbocycles. The lowest BCUT2D eigenvalue weighted by atomic mass is 9.89. The van der Waals surface area contributed by atoms with Crippen molar-refractivity contribution in [1.29, 1.82) is 0 Å². The van der Waals surface area contributed by atoms with Gasteiger partial charge in [0.15, 0.2) is 17.9 Å². The second-order valence-corrected chi connectivity index (χ2v) is 16.5.